The summed E-state index contributed by atoms with van der Waals surface area (Å²) < 4.78 is 0. The van der Waals surface area contributed by atoms with Crippen LogP contribution in [-0.4, -0.2) is 20.0 Å². The fourth-order valence-electron chi connectivity index (χ4n) is 1.24. The highest BCUT2D eigenvalue weighted by atomic mass is 31.2. The molecule has 0 saturated carbocycles. The van der Waals surface area contributed by atoms with E-state index in [1.807, 2.05) is 0 Å². The minimum Gasteiger partial charge on any atom is -0.0589 e. The largest absolute Gasteiger partial charge is 0.0834 e. The van der Waals surface area contributed by atoms with Crippen LogP contribution in [-0.2, 0) is 6.16 Å². The van der Waals surface area contributed by atoms with Crippen molar-refractivity contribution in [2.45, 2.75) is 13.1 Å². The maximum atomic E-state index is 2.38. The molecule has 1 aromatic carbocycles. The molecule has 0 aliphatic heterocycles. The smallest absolute Gasteiger partial charge is 0.0589 e. The van der Waals surface area contributed by atoms with E-state index in [1.54, 1.807) is 0 Å². The van der Waals surface area contributed by atoms with E-state index in [0.717, 1.165) is 0 Å². The Kier molecular flexibility index (Phi) is 2.90. The minimum atomic E-state index is -0.653. The third-order valence-corrected chi connectivity index (χ3v) is 3.09. The van der Waals surface area contributed by atoms with Crippen molar-refractivity contribution in [3.05, 3.63) is 35.4 Å². The average molecular weight is 181 g/mol. The highest BCUT2D eigenvalue weighted by Gasteiger charge is 2.17. The molecule has 12 heavy (non-hydrogen) atoms. The highest BCUT2D eigenvalue weighted by molar-refractivity contribution is 7.72. The van der Waals surface area contributed by atoms with Gasteiger partial charge in [0.1, 0.15) is 0 Å². The summed E-state index contributed by atoms with van der Waals surface area (Å²) in [6.07, 6.45) is 1.27. The fraction of sp³-hybridized carbons (Fsp3) is 0.455. The number of aryl methyl sites for hydroxylation is 1. The normalized spacial score (nSPS) is 11.7. The van der Waals surface area contributed by atoms with Crippen molar-refractivity contribution in [1.82, 2.24) is 0 Å². The van der Waals surface area contributed by atoms with Crippen LogP contribution >= 0.6 is 7.26 Å². The van der Waals surface area contributed by atoms with Crippen molar-refractivity contribution >= 4 is 7.26 Å². The van der Waals surface area contributed by atoms with Gasteiger partial charge in [-0.15, -0.1) is 0 Å². The predicted octanol–water partition coefficient (Wildman–Crippen LogP) is 3.40. The molecule has 0 radical (unpaired) electrons. The molecule has 0 heterocycles. The van der Waals surface area contributed by atoms with Gasteiger partial charge in [0.15, 0.2) is 0 Å². The topological polar surface area (TPSA) is 0 Å². The van der Waals surface area contributed by atoms with Gasteiger partial charge >= 0.3 is 0 Å². The van der Waals surface area contributed by atoms with Crippen molar-refractivity contribution in [2.75, 3.05) is 20.0 Å². The van der Waals surface area contributed by atoms with E-state index in [9.17, 15) is 0 Å². The van der Waals surface area contributed by atoms with E-state index in [0.29, 0.717) is 0 Å². The molecule has 0 bridgehead atoms. The zero-order valence-corrected chi connectivity index (χ0v) is 9.36. The van der Waals surface area contributed by atoms with Crippen molar-refractivity contribution < 1.29 is 0 Å². The summed E-state index contributed by atoms with van der Waals surface area (Å²) in [4.78, 5) is 0. The van der Waals surface area contributed by atoms with Crippen LogP contribution in [0.1, 0.15) is 11.1 Å². The van der Waals surface area contributed by atoms with E-state index in [1.165, 1.54) is 17.3 Å². The van der Waals surface area contributed by atoms with Gasteiger partial charge in [0, 0.05) is 27.3 Å². The number of hydrogen-bond donors (Lipinski definition) is 0. The molecule has 1 heteroatoms. The lowest BCUT2D eigenvalue weighted by Crippen LogP contribution is -1.91. The minimum absolute atomic E-state index is 0.653. The van der Waals surface area contributed by atoms with Crippen molar-refractivity contribution in [2.24, 2.45) is 0 Å². The molecule has 0 atom stereocenters. The van der Waals surface area contributed by atoms with Gasteiger partial charge in [-0.1, -0.05) is 29.8 Å². The van der Waals surface area contributed by atoms with Crippen LogP contribution in [0, 0.1) is 6.92 Å². The monoisotopic (exact) mass is 181 g/mol. The standard InChI is InChI=1S/C11H18P/c1-10-5-7-11(8-6-10)9-12(2,3)4/h5-8H,9H2,1-4H3/q+1. The van der Waals surface area contributed by atoms with Crippen LogP contribution < -0.4 is 0 Å². The van der Waals surface area contributed by atoms with Gasteiger partial charge in [-0.25, -0.2) is 0 Å². The lowest BCUT2D eigenvalue weighted by atomic mass is 10.2. The van der Waals surface area contributed by atoms with Crippen molar-refractivity contribution in [3.8, 4) is 0 Å². The quantitative estimate of drug-likeness (QED) is 0.613. The van der Waals surface area contributed by atoms with E-state index < -0.39 is 7.26 Å². The summed E-state index contributed by atoms with van der Waals surface area (Å²) in [5.41, 5.74) is 2.84. The van der Waals surface area contributed by atoms with Gasteiger partial charge in [0.05, 0.1) is 6.16 Å². The summed E-state index contributed by atoms with van der Waals surface area (Å²) in [6.45, 7) is 9.28. The molecule has 0 nitrogen and oxygen atoms in total. The van der Waals surface area contributed by atoms with Gasteiger partial charge in [-0.05, 0) is 12.5 Å². The molecular weight excluding hydrogens is 163 g/mol. The Morgan fingerprint density at radius 1 is 1.00 bits per heavy atom. The van der Waals surface area contributed by atoms with E-state index >= 15 is 0 Å². The zero-order valence-electron chi connectivity index (χ0n) is 8.46. The SMILES string of the molecule is Cc1ccc(C[P+](C)(C)C)cc1. The van der Waals surface area contributed by atoms with Gasteiger partial charge in [0.2, 0.25) is 0 Å². The van der Waals surface area contributed by atoms with Gasteiger partial charge < -0.3 is 0 Å². The Labute approximate surface area is 76.3 Å². The third kappa shape index (κ3) is 3.36. The van der Waals surface area contributed by atoms with Gasteiger partial charge in [-0.2, -0.15) is 0 Å². The molecule has 0 aliphatic rings. The summed E-state index contributed by atoms with van der Waals surface area (Å²) >= 11 is 0. The molecule has 1 aromatic rings. The molecule has 66 valence electrons. The first-order valence-corrected chi connectivity index (χ1v) is 7.65. The lowest BCUT2D eigenvalue weighted by molar-refractivity contribution is 1.34. The number of rotatable bonds is 2. The molecule has 0 unspecified atom stereocenters. The molecule has 0 aromatic heterocycles. The Bertz CT molecular complexity index is 241. The maximum Gasteiger partial charge on any atom is 0.0834 e. The number of hydrogen-bond acceptors (Lipinski definition) is 0. The second kappa shape index (κ2) is 3.58. The highest BCUT2D eigenvalue weighted by Crippen LogP contribution is 2.49. The zero-order chi connectivity index (χ0) is 9.19. The third-order valence-electron chi connectivity index (χ3n) is 1.78. The Morgan fingerprint density at radius 2 is 1.50 bits per heavy atom. The Balaban J connectivity index is 2.71. The molecule has 0 amide bonds. The second-order valence-electron chi connectivity index (χ2n) is 4.43. The molecule has 0 fully saturated rings. The first-order valence-electron chi connectivity index (χ1n) is 4.33. The van der Waals surface area contributed by atoms with E-state index in [4.69, 9.17) is 0 Å². The van der Waals surface area contributed by atoms with Crippen molar-refractivity contribution in [3.63, 3.8) is 0 Å². The molecular formula is C11H18P+. The molecule has 0 N–H and O–H groups in total. The van der Waals surface area contributed by atoms with E-state index in [2.05, 4.69) is 51.2 Å². The Morgan fingerprint density at radius 3 is 1.92 bits per heavy atom. The summed E-state index contributed by atoms with van der Waals surface area (Å²) in [5.74, 6) is 0. The molecule has 0 spiro atoms. The van der Waals surface area contributed by atoms with Crippen LogP contribution in [0.15, 0.2) is 24.3 Å². The Hall–Kier alpha value is -0.350. The summed E-state index contributed by atoms with van der Waals surface area (Å²) in [6, 6.07) is 8.90. The maximum absolute atomic E-state index is 2.38. The van der Waals surface area contributed by atoms with Crippen LogP contribution in [0.4, 0.5) is 0 Å². The van der Waals surface area contributed by atoms with Gasteiger partial charge in [0.25, 0.3) is 0 Å². The van der Waals surface area contributed by atoms with Crippen LogP contribution in [0.3, 0.4) is 0 Å². The first kappa shape index (κ1) is 9.74. The van der Waals surface area contributed by atoms with Crippen molar-refractivity contribution in [1.29, 1.82) is 0 Å². The average Bonchev–Trinajstić information content (AvgIpc) is 1.91. The van der Waals surface area contributed by atoms with Crippen LogP contribution in [0.5, 0.6) is 0 Å². The first-order chi connectivity index (χ1) is 5.47. The number of benzene rings is 1. The molecule has 0 saturated heterocycles. The fourth-order valence-corrected chi connectivity index (χ4v) is 2.55. The van der Waals surface area contributed by atoms with Crippen LogP contribution in [0.25, 0.3) is 0 Å². The predicted molar refractivity (Wildman–Crippen MR) is 59.6 cm³/mol. The van der Waals surface area contributed by atoms with Gasteiger partial charge in [-0.3, -0.25) is 0 Å². The van der Waals surface area contributed by atoms with E-state index in [-0.39, 0.29) is 0 Å². The second-order valence-corrected chi connectivity index (χ2v) is 9.33. The molecule has 1 rings (SSSR count). The molecule has 0 aliphatic carbocycles. The summed E-state index contributed by atoms with van der Waals surface area (Å²) in [5, 5.41) is 0. The lowest BCUT2D eigenvalue weighted by Gasteiger charge is -2.11. The summed E-state index contributed by atoms with van der Waals surface area (Å²) in [7, 11) is -0.653. The van der Waals surface area contributed by atoms with Crippen LogP contribution in [0.2, 0.25) is 0 Å².